The van der Waals surface area contributed by atoms with Gasteiger partial charge in [-0.05, 0) is 25.0 Å². The summed E-state index contributed by atoms with van der Waals surface area (Å²) in [5.74, 6) is 1.17. The fourth-order valence-corrected chi connectivity index (χ4v) is 2.99. The Labute approximate surface area is 118 Å². The highest BCUT2D eigenvalue weighted by atomic mass is 16.1. The summed E-state index contributed by atoms with van der Waals surface area (Å²) in [6.45, 7) is 0. The van der Waals surface area contributed by atoms with E-state index in [1.165, 1.54) is 37.8 Å². The monoisotopic (exact) mass is 269 g/mol. The molecule has 0 aliphatic heterocycles. The number of hydrogen-bond donors (Lipinski definition) is 1. The van der Waals surface area contributed by atoms with Crippen molar-refractivity contribution in [1.82, 2.24) is 9.78 Å². The Morgan fingerprint density at radius 3 is 2.60 bits per heavy atom. The Morgan fingerprint density at radius 2 is 1.90 bits per heavy atom. The fraction of sp³-hybridized carbons (Fsp3) is 0.375. The molecule has 1 aliphatic carbocycles. The molecule has 1 aliphatic rings. The maximum absolute atomic E-state index is 10.6. The smallest absolute Gasteiger partial charge is 0.212 e. The average molecular weight is 269 g/mol. The number of aromatic nitrogens is 2. The Balaban J connectivity index is 1.99. The number of anilines is 1. The van der Waals surface area contributed by atoms with Gasteiger partial charge in [0, 0.05) is 17.7 Å². The number of rotatable bonds is 4. The van der Waals surface area contributed by atoms with E-state index in [2.05, 4.69) is 10.4 Å². The lowest BCUT2D eigenvalue weighted by atomic mass is 9.87. The quantitative estimate of drug-likeness (QED) is 0.864. The molecule has 0 atom stereocenters. The molecule has 1 amide bonds. The molecule has 3 rings (SSSR count). The molecule has 0 unspecified atom stereocenters. The molecule has 104 valence electrons. The lowest BCUT2D eigenvalue weighted by Gasteiger charge is -2.22. The SMILES string of the molecule is O=CNc1cc(C2CCCCC2)n(-c2ccccc2)n1. The first kappa shape index (κ1) is 12.9. The van der Waals surface area contributed by atoms with E-state index in [0.717, 1.165) is 5.69 Å². The van der Waals surface area contributed by atoms with Gasteiger partial charge in [-0.25, -0.2) is 4.68 Å². The van der Waals surface area contributed by atoms with Crippen LogP contribution in [0.25, 0.3) is 5.69 Å². The second kappa shape index (κ2) is 5.90. The molecule has 0 spiro atoms. The van der Waals surface area contributed by atoms with E-state index < -0.39 is 0 Å². The summed E-state index contributed by atoms with van der Waals surface area (Å²) in [5, 5.41) is 7.18. The lowest BCUT2D eigenvalue weighted by Crippen LogP contribution is -2.10. The Hall–Kier alpha value is -2.10. The summed E-state index contributed by atoms with van der Waals surface area (Å²) in [6.07, 6.45) is 6.98. The highest BCUT2D eigenvalue weighted by Gasteiger charge is 2.21. The number of carbonyl (C=O) groups excluding carboxylic acids is 1. The van der Waals surface area contributed by atoms with Crippen LogP contribution < -0.4 is 5.32 Å². The van der Waals surface area contributed by atoms with Crippen molar-refractivity contribution in [1.29, 1.82) is 0 Å². The second-order valence-corrected chi connectivity index (χ2v) is 5.30. The third-order valence-electron chi connectivity index (χ3n) is 3.97. The average Bonchev–Trinajstić information content (AvgIpc) is 2.93. The Morgan fingerprint density at radius 1 is 1.15 bits per heavy atom. The topological polar surface area (TPSA) is 46.9 Å². The van der Waals surface area contributed by atoms with Gasteiger partial charge in [0.05, 0.1) is 5.69 Å². The second-order valence-electron chi connectivity index (χ2n) is 5.30. The predicted octanol–water partition coefficient (Wildman–Crippen LogP) is 3.49. The minimum Gasteiger partial charge on any atom is -0.312 e. The molecule has 0 bridgehead atoms. The summed E-state index contributed by atoms with van der Waals surface area (Å²) in [6, 6.07) is 12.1. The zero-order valence-electron chi connectivity index (χ0n) is 11.5. The van der Waals surface area contributed by atoms with E-state index in [0.29, 0.717) is 18.1 Å². The number of benzene rings is 1. The highest BCUT2D eigenvalue weighted by Crippen LogP contribution is 2.34. The standard InChI is InChI=1S/C16H19N3O/c20-12-17-16-11-15(13-7-3-1-4-8-13)19(18-16)14-9-5-2-6-10-14/h2,5-6,9-13H,1,3-4,7-8H2,(H,17,18,20). The van der Waals surface area contributed by atoms with E-state index in [1.807, 2.05) is 41.1 Å². The molecule has 1 N–H and O–H groups in total. The Kier molecular flexibility index (Phi) is 3.81. The molecular weight excluding hydrogens is 250 g/mol. The van der Waals surface area contributed by atoms with Gasteiger partial charge in [0.15, 0.2) is 5.82 Å². The molecule has 1 saturated carbocycles. The van der Waals surface area contributed by atoms with Crippen LogP contribution in [-0.4, -0.2) is 16.2 Å². The van der Waals surface area contributed by atoms with Crippen molar-refractivity contribution in [2.75, 3.05) is 5.32 Å². The highest BCUT2D eigenvalue weighted by molar-refractivity contribution is 5.69. The minimum absolute atomic E-state index is 0.540. The summed E-state index contributed by atoms with van der Waals surface area (Å²) in [4.78, 5) is 10.6. The molecule has 4 nitrogen and oxygen atoms in total. The summed E-state index contributed by atoms with van der Waals surface area (Å²) in [7, 11) is 0. The number of hydrogen-bond acceptors (Lipinski definition) is 2. The Bertz CT molecular complexity index is 571. The van der Waals surface area contributed by atoms with Crippen LogP contribution in [0.5, 0.6) is 0 Å². The van der Waals surface area contributed by atoms with E-state index in [-0.39, 0.29) is 0 Å². The predicted molar refractivity (Wildman–Crippen MR) is 79.1 cm³/mol. The third-order valence-corrected chi connectivity index (χ3v) is 3.97. The number of nitrogens with zero attached hydrogens (tertiary/aromatic N) is 2. The van der Waals surface area contributed by atoms with Crippen molar-refractivity contribution in [3.05, 3.63) is 42.1 Å². The van der Waals surface area contributed by atoms with Crippen LogP contribution in [0, 0.1) is 0 Å². The largest absolute Gasteiger partial charge is 0.312 e. The van der Waals surface area contributed by atoms with Crippen LogP contribution >= 0.6 is 0 Å². The molecule has 1 aromatic carbocycles. The van der Waals surface area contributed by atoms with Gasteiger partial charge < -0.3 is 5.32 Å². The normalized spacial score (nSPS) is 16.0. The molecule has 1 heterocycles. The van der Waals surface area contributed by atoms with Crippen molar-refractivity contribution in [3.8, 4) is 5.69 Å². The number of carbonyl (C=O) groups is 1. The lowest BCUT2D eigenvalue weighted by molar-refractivity contribution is -0.105. The van der Waals surface area contributed by atoms with Gasteiger partial charge in [-0.3, -0.25) is 4.79 Å². The maximum atomic E-state index is 10.6. The van der Waals surface area contributed by atoms with Crippen LogP contribution in [0.3, 0.4) is 0 Å². The van der Waals surface area contributed by atoms with Crippen LogP contribution in [0.4, 0.5) is 5.82 Å². The van der Waals surface area contributed by atoms with Gasteiger partial charge >= 0.3 is 0 Å². The van der Waals surface area contributed by atoms with Gasteiger partial charge in [0.2, 0.25) is 6.41 Å². The van der Waals surface area contributed by atoms with Crippen molar-refractivity contribution >= 4 is 12.2 Å². The van der Waals surface area contributed by atoms with Gasteiger partial charge in [-0.1, -0.05) is 37.5 Å². The van der Waals surface area contributed by atoms with Crippen LogP contribution in [-0.2, 0) is 4.79 Å². The molecule has 0 radical (unpaired) electrons. The van der Waals surface area contributed by atoms with Gasteiger partial charge in [0.25, 0.3) is 0 Å². The zero-order valence-corrected chi connectivity index (χ0v) is 11.5. The van der Waals surface area contributed by atoms with E-state index >= 15 is 0 Å². The summed E-state index contributed by atoms with van der Waals surface area (Å²) in [5.41, 5.74) is 2.26. The first-order chi connectivity index (χ1) is 9.88. The van der Waals surface area contributed by atoms with E-state index in [4.69, 9.17) is 0 Å². The van der Waals surface area contributed by atoms with Crippen molar-refractivity contribution in [2.45, 2.75) is 38.0 Å². The van der Waals surface area contributed by atoms with Crippen molar-refractivity contribution < 1.29 is 4.79 Å². The molecule has 1 fully saturated rings. The van der Waals surface area contributed by atoms with Gasteiger partial charge in [0.1, 0.15) is 0 Å². The molecule has 0 saturated heterocycles. The number of amides is 1. The molecule has 1 aromatic heterocycles. The minimum atomic E-state index is 0.540. The summed E-state index contributed by atoms with van der Waals surface area (Å²) >= 11 is 0. The van der Waals surface area contributed by atoms with E-state index in [1.54, 1.807) is 0 Å². The maximum Gasteiger partial charge on any atom is 0.212 e. The fourth-order valence-electron chi connectivity index (χ4n) is 2.99. The van der Waals surface area contributed by atoms with Crippen LogP contribution in [0.1, 0.15) is 43.7 Å². The van der Waals surface area contributed by atoms with Crippen LogP contribution in [0.15, 0.2) is 36.4 Å². The number of nitrogens with one attached hydrogen (secondary N) is 1. The van der Waals surface area contributed by atoms with Crippen LogP contribution in [0.2, 0.25) is 0 Å². The zero-order chi connectivity index (χ0) is 13.8. The first-order valence-corrected chi connectivity index (χ1v) is 7.24. The summed E-state index contributed by atoms with van der Waals surface area (Å²) < 4.78 is 1.97. The molecular formula is C16H19N3O. The molecule has 20 heavy (non-hydrogen) atoms. The third kappa shape index (κ3) is 2.59. The first-order valence-electron chi connectivity index (χ1n) is 7.24. The van der Waals surface area contributed by atoms with Gasteiger partial charge in [-0.2, -0.15) is 0 Å². The van der Waals surface area contributed by atoms with Crippen molar-refractivity contribution in [3.63, 3.8) is 0 Å². The number of para-hydroxylation sites is 1. The molecule has 2 aromatic rings. The molecule has 4 heteroatoms. The van der Waals surface area contributed by atoms with Gasteiger partial charge in [-0.15, -0.1) is 5.10 Å². The van der Waals surface area contributed by atoms with E-state index in [9.17, 15) is 4.79 Å². The van der Waals surface area contributed by atoms with Crippen molar-refractivity contribution in [2.24, 2.45) is 0 Å².